The number of carboxylic acid groups (broad SMARTS) is 1. The van der Waals surface area contributed by atoms with Gasteiger partial charge in [0.25, 0.3) is 1.43 Å². The number of H-pyrrole nitrogens is 1. The highest BCUT2D eigenvalue weighted by Gasteiger charge is 2.52. The first-order valence-corrected chi connectivity index (χ1v) is 26.6. The first kappa shape index (κ1) is 53.1. The highest BCUT2D eigenvalue weighted by molar-refractivity contribution is 8.77. The smallest absolute Gasteiger partial charge is 0.304 e. The molecule has 73 heavy (non-hydrogen) atoms. The lowest BCUT2D eigenvalue weighted by Crippen LogP contribution is -2.66. The molecule has 0 unspecified atom stereocenters. The Morgan fingerprint density at radius 3 is 2.27 bits per heavy atom. The normalized spacial score (nSPS) is 26.4. The van der Waals surface area contributed by atoms with Gasteiger partial charge in [0.15, 0.2) is 14.0 Å². The zero-order valence-electron chi connectivity index (χ0n) is 42.5. The van der Waals surface area contributed by atoms with E-state index >= 15 is 0 Å². The molecule has 6 fully saturated rings. The number of aliphatic carboxylic acids is 1. The lowest BCUT2D eigenvalue weighted by molar-refractivity contribution is -0.359. The van der Waals surface area contributed by atoms with Crippen LogP contribution in [0.2, 0.25) is 1.41 Å². The van der Waals surface area contributed by atoms with E-state index in [-0.39, 0.29) is 114 Å². The molecule has 9 N–H and O–H groups in total. The van der Waals surface area contributed by atoms with Crippen LogP contribution in [0.25, 0.3) is 23.9 Å². The molecule has 23 nitrogen and oxygen atoms in total. The molecule has 10 atom stereocenters. The number of para-hydroxylation sites is 1. The maximum Gasteiger partial charge on any atom is 0.304 e. The van der Waals surface area contributed by atoms with Crippen LogP contribution < -0.4 is 20.9 Å². The molecule has 3 aromatic rings. The van der Waals surface area contributed by atoms with Crippen LogP contribution in [0.5, 0.6) is 0 Å². The Kier molecular flexibility index (Phi) is 19.4. The molecular weight excluding hydrogens is 995 g/mol. The SMILES string of the molecule is [2H]OC(=O)CCSSC(C)(C)CCC(=O)NC[C@H]1O[C@H]2OCCCO[C@H]3[C@H](O)[C@@H](O)[C@@H](O[C@H]1[C@H](O)[C@H]2O)O[C@@H]3CNC(=O)CCOCCNC(=O)CCC(=O)N1Cc2ccccc2-c2c(nnn2[3H])-c2ccccc21. The molecule has 4 bridgehead atoms. The average Bonchev–Trinajstić information content (AvgIpc) is 3.79. The fourth-order valence-electron chi connectivity index (χ4n) is 8.60. The van der Waals surface area contributed by atoms with E-state index in [9.17, 15) is 44.4 Å². The van der Waals surface area contributed by atoms with Crippen molar-refractivity contribution >= 4 is 56.9 Å². The van der Waals surface area contributed by atoms with Crippen molar-refractivity contribution in [3.8, 4) is 22.5 Å². The van der Waals surface area contributed by atoms with Gasteiger partial charge in [-0.05, 0) is 38.3 Å². The molecule has 25 heteroatoms. The van der Waals surface area contributed by atoms with Crippen molar-refractivity contribution in [2.75, 3.05) is 56.7 Å². The van der Waals surface area contributed by atoms with Crippen LogP contribution in [0.15, 0.2) is 48.5 Å². The minimum atomic E-state index is -1.72. The Morgan fingerprint density at radius 2 is 1.48 bits per heavy atom. The van der Waals surface area contributed by atoms with Crippen LogP contribution in [-0.2, 0) is 58.9 Å². The second-order valence-corrected chi connectivity index (χ2v) is 21.6. The summed E-state index contributed by atoms with van der Waals surface area (Å²) in [6.45, 7) is 3.83. The molecule has 0 saturated carbocycles. The maximum atomic E-state index is 13.8. The minimum Gasteiger partial charge on any atom is -0.481 e. The first-order chi connectivity index (χ1) is 36.0. The third kappa shape index (κ3) is 15.2. The predicted molar refractivity (Wildman–Crippen MR) is 264 cm³/mol. The summed E-state index contributed by atoms with van der Waals surface area (Å²) in [6, 6.07) is 14.7. The van der Waals surface area contributed by atoms with Gasteiger partial charge in [0, 0.05) is 73.6 Å². The molecule has 2 aromatic carbocycles. The highest BCUT2D eigenvalue weighted by Crippen LogP contribution is 2.41. The number of benzene rings is 2. The molecule has 4 amide bonds. The lowest BCUT2D eigenvalue weighted by atomic mass is 9.95. The van der Waals surface area contributed by atoms with E-state index in [0.29, 0.717) is 34.8 Å². The average molecular weight is 1060 g/mol. The maximum absolute atomic E-state index is 13.8. The number of rotatable bonds is 21. The number of ether oxygens (including phenoxy) is 6. The van der Waals surface area contributed by atoms with Gasteiger partial charge >= 0.3 is 5.97 Å². The Hall–Kier alpha value is -4.77. The van der Waals surface area contributed by atoms with Gasteiger partial charge in [-0.1, -0.05) is 69.3 Å². The minimum absolute atomic E-state index is 0.00495. The number of aromatic nitrogens is 3. The number of aliphatic hydroxyl groups excluding tert-OH is 4. The Bertz CT molecular complexity index is 2430. The molecule has 6 saturated heterocycles. The molecule has 0 radical (unpaired) electrons. The monoisotopic (exact) mass is 1060 g/mol. The van der Waals surface area contributed by atoms with Gasteiger partial charge < -0.3 is 74.8 Å². The molecule has 7 aliphatic heterocycles. The number of aliphatic hydroxyl groups is 4. The molecule has 0 spiro atoms. The third-order valence-electron chi connectivity index (χ3n) is 12.6. The van der Waals surface area contributed by atoms with Crippen molar-refractivity contribution in [3.63, 3.8) is 0 Å². The number of fused-ring (bicyclic) bond motifs is 5. The van der Waals surface area contributed by atoms with Crippen LogP contribution in [0.1, 0.15) is 64.4 Å². The van der Waals surface area contributed by atoms with E-state index in [1.54, 1.807) is 17.0 Å². The number of nitrogens with one attached hydrogen (secondary N) is 4. The quantitative estimate of drug-likeness (QED) is 0.0531. The highest BCUT2D eigenvalue weighted by atomic mass is 33.1. The van der Waals surface area contributed by atoms with Crippen LogP contribution >= 0.6 is 21.6 Å². The topological polar surface area (TPSA) is 323 Å². The van der Waals surface area contributed by atoms with Crippen molar-refractivity contribution in [3.05, 3.63) is 54.1 Å². The van der Waals surface area contributed by atoms with Gasteiger partial charge in [-0.25, -0.2) is 0 Å². The van der Waals surface area contributed by atoms with Crippen molar-refractivity contribution in [2.24, 2.45) is 0 Å². The number of hydrogen-bond acceptors (Lipinski definition) is 20. The standard InChI is InChI=1S/C48H65N7O16S2/c1-48(2,73-72-23-16-37(60)61)17-14-34(57)50-25-32-45-41(63)42(64)46(69-32)68-20-7-19-67-44-31(70-47(71-45)43(65)40(44)62)24-51-35(58)15-21-66-22-18-49-33(56)12-13-36(59)55-26-27-8-3-4-9-28(27)38-39(53-54-52-38)29-10-5-6-11-30(29)55/h3-6,8-11,31-32,40-47,62-65H,7,12-26H2,1-2H3,(H,49,56)(H,50,57)(H,51,58)(H,60,61)(H,52,53,54)/t31-,32-,40-,41-,42-,43-,44-,45-,46-,47-/m1/s1/i/hTD. The summed E-state index contributed by atoms with van der Waals surface area (Å²) in [5, 5.41) is 66.1. The number of carboxylic acids is 1. The largest absolute Gasteiger partial charge is 0.481 e. The lowest BCUT2D eigenvalue weighted by Gasteiger charge is -2.47. The summed E-state index contributed by atoms with van der Waals surface area (Å²) in [7, 11) is 2.92. The summed E-state index contributed by atoms with van der Waals surface area (Å²) < 4.78 is 50.1. The zero-order chi connectivity index (χ0) is 53.6. The third-order valence-corrected chi connectivity index (χ3v) is 15.9. The molecule has 8 heterocycles. The molecular formula is C48H65N7O16S2. The number of hydrogen-bond donors (Lipinski definition) is 9. The van der Waals surface area contributed by atoms with Crippen molar-refractivity contribution in [1.29, 1.82) is 1.43 Å². The fourth-order valence-corrected chi connectivity index (χ4v) is 11.1. The number of anilines is 1. The van der Waals surface area contributed by atoms with Gasteiger partial charge in [-0.2, -0.15) is 0 Å². The summed E-state index contributed by atoms with van der Waals surface area (Å²) >= 11 is 0. The van der Waals surface area contributed by atoms with Gasteiger partial charge in [0.1, 0.15) is 54.5 Å². The van der Waals surface area contributed by atoms with Crippen LogP contribution in [-0.4, -0.2) is 189 Å². The van der Waals surface area contributed by atoms with E-state index < -0.39 is 73.3 Å². The summed E-state index contributed by atoms with van der Waals surface area (Å²) in [4.78, 5) is 65.6. The molecule has 7 aliphatic rings. The number of amides is 4. The Balaban J connectivity index is 0.851. The molecule has 10 rings (SSSR count). The van der Waals surface area contributed by atoms with Crippen molar-refractivity contribution in [1.82, 2.24) is 31.4 Å². The molecule has 1 aromatic heterocycles. The number of aromatic amines is 1. The predicted octanol–water partition coefficient (Wildman–Crippen LogP) is 1.02. The number of nitrogens with zero attached hydrogens (tertiary/aromatic N) is 3. The summed E-state index contributed by atoms with van der Waals surface area (Å²) in [6.07, 6.45) is -13.7. The van der Waals surface area contributed by atoms with Crippen LogP contribution in [0.4, 0.5) is 5.69 Å². The van der Waals surface area contributed by atoms with E-state index in [4.69, 9.17) is 31.3 Å². The van der Waals surface area contributed by atoms with Gasteiger partial charge in [0.2, 0.25) is 23.6 Å². The summed E-state index contributed by atoms with van der Waals surface area (Å²) in [5.74, 6) is -1.66. The van der Waals surface area contributed by atoms with Gasteiger partial charge in [-0.3, -0.25) is 29.1 Å². The van der Waals surface area contributed by atoms with E-state index in [0.717, 1.165) is 16.2 Å². The first-order valence-electron chi connectivity index (χ1n) is 25.1. The molecule has 400 valence electrons. The zero-order valence-corrected chi connectivity index (χ0v) is 42.1. The van der Waals surface area contributed by atoms with E-state index in [1.807, 2.05) is 50.2 Å². The van der Waals surface area contributed by atoms with Crippen LogP contribution in [0.3, 0.4) is 0 Å². The van der Waals surface area contributed by atoms with Crippen molar-refractivity contribution < 1.29 is 79.3 Å². The Morgan fingerprint density at radius 1 is 0.808 bits per heavy atom. The second kappa shape index (κ2) is 26.6. The number of carbonyl (C=O) groups excluding carboxylic acids is 4. The van der Waals surface area contributed by atoms with E-state index in [2.05, 4.69) is 31.4 Å². The molecule has 0 aliphatic carbocycles. The summed E-state index contributed by atoms with van der Waals surface area (Å²) in [5.41, 5.74) is 3.72. The van der Waals surface area contributed by atoms with Crippen LogP contribution in [0, 0.1) is 0 Å². The van der Waals surface area contributed by atoms with E-state index in [1.165, 1.54) is 21.6 Å². The Labute approximate surface area is 432 Å². The fraction of sp³-hybridized carbons (Fsp3) is 0.604. The second-order valence-electron chi connectivity index (χ2n) is 18.5. The van der Waals surface area contributed by atoms with Gasteiger partial charge in [-0.15, -0.1) is 5.10 Å². The number of carbonyl (C=O) groups is 5. The van der Waals surface area contributed by atoms with Gasteiger partial charge in [0.05, 0.1) is 44.2 Å². The van der Waals surface area contributed by atoms with Crippen molar-refractivity contribution in [2.45, 2.75) is 131 Å².